The number of anilines is 1. The number of hydrogen-bond donors (Lipinski definition) is 1. The van der Waals surface area contributed by atoms with Crippen LogP contribution in [0.25, 0.3) is 11.3 Å². The molecule has 0 saturated carbocycles. The molecule has 2 N–H and O–H groups in total. The standard InChI is InChI=1S/C10H6F3IN2O2/c11-10(12,13)17-6-3-1-5(2-4-6)8-7(14)9(15)16-18-8/h1-4H,(H2,15,16). The van der Waals surface area contributed by atoms with E-state index in [4.69, 9.17) is 10.3 Å². The summed E-state index contributed by atoms with van der Waals surface area (Å²) in [6, 6.07) is 5.25. The molecular weight excluding hydrogens is 364 g/mol. The predicted molar refractivity (Wildman–Crippen MR) is 65.8 cm³/mol. The molecule has 4 nitrogen and oxygen atoms in total. The van der Waals surface area contributed by atoms with Crippen molar-refractivity contribution in [3.05, 3.63) is 27.8 Å². The minimum atomic E-state index is -4.70. The number of rotatable bonds is 2. The Morgan fingerprint density at radius 1 is 1.22 bits per heavy atom. The van der Waals surface area contributed by atoms with Gasteiger partial charge in [0, 0.05) is 5.56 Å². The molecule has 0 saturated heterocycles. The molecule has 0 amide bonds. The molecule has 0 atom stereocenters. The molecule has 0 aliphatic heterocycles. The highest BCUT2D eigenvalue weighted by molar-refractivity contribution is 14.1. The van der Waals surface area contributed by atoms with E-state index in [-0.39, 0.29) is 11.6 Å². The van der Waals surface area contributed by atoms with Crippen LogP contribution in [0.2, 0.25) is 0 Å². The molecule has 1 heterocycles. The fraction of sp³-hybridized carbons (Fsp3) is 0.100. The summed E-state index contributed by atoms with van der Waals surface area (Å²) in [6.45, 7) is 0. The number of nitrogen functional groups attached to an aromatic ring is 1. The van der Waals surface area contributed by atoms with E-state index in [0.29, 0.717) is 14.9 Å². The van der Waals surface area contributed by atoms with Crippen molar-refractivity contribution >= 4 is 28.4 Å². The third kappa shape index (κ3) is 2.86. The van der Waals surface area contributed by atoms with Crippen molar-refractivity contribution in [1.29, 1.82) is 0 Å². The SMILES string of the molecule is Nc1noc(-c2ccc(OC(F)(F)F)cc2)c1I. The highest BCUT2D eigenvalue weighted by Gasteiger charge is 2.31. The Hall–Kier alpha value is -1.45. The Balaban J connectivity index is 2.25. The van der Waals surface area contributed by atoms with Crippen molar-refractivity contribution in [1.82, 2.24) is 5.16 Å². The lowest BCUT2D eigenvalue weighted by Gasteiger charge is -2.08. The zero-order valence-corrected chi connectivity index (χ0v) is 10.8. The average Bonchev–Trinajstić information content (AvgIpc) is 2.59. The number of nitrogens with two attached hydrogens (primary N) is 1. The smallest absolute Gasteiger partial charge is 0.406 e. The van der Waals surface area contributed by atoms with Gasteiger partial charge < -0.3 is 15.0 Å². The average molecular weight is 370 g/mol. The van der Waals surface area contributed by atoms with Crippen molar-refractivity contribution in [2.24, 2.45) is 0 Å². The summed E-state index contributed by atoms with van der Waals surface area (Å²) in [6.07, 6.45) is -4.70. The van der Waals surface area contributed by atoms with Crippen LogP contribution in [0, 0.1) is 3.57 Å². The lowest BCUT2D eigenvalue weighted by molar-refractivity contribution is -0.274. The maximum absolute atomic E-state index is 12.0. The fourth-order valence-electron chi connectivity index (χ4n) is 1.28. The predicted octanol–water partition coefficient (Wildman–Crippen LogP) is 3.43. The second-order valence-corrected chi connectivity index (χ2v) is 4.36. The quantitative estimate of drug-likeness (QED) is 0.823. The summed E-state index contributed by atoms with van der Waals surface area (Å²) in [7, 11) is 0. The van der Waals surface area contributed by atoms with E-state index in [9.17, 15) is 13.2 Å². The van der Waals surface area contributed by atoms with E-state index in [0.717, 1.165) is 0 Å². The number of nitrogens with zero attached hydrogens (tertiary/aromatic N) is 1. The van der Waals surface area contributed by atoms with Gasteiger partial charge in [-0.05, 0) is 46.9 Å². The van der Waals surface area contributed by atoms with Crippen LogP contribution in [0.15, 0.2) is 28.8 Å². The Kier molecular flexibility index (Phi) is 3.37. The van der Waals surface area contributed by atoms with Crippen LogP contribution < -0.4 is 10.5 Å². The fourth-order valence-corrected chi connectivity index (χ4v) is 1.79. The van der Waals surface area contributed by atoms with E-state index in [1.165, 1.54) is 24.3 Å². The van der Waals surface area contributed by atoms with E-state index in [1.807, 2.05) is 22.6 Å². The number of ether oxygens (including phenoxy) is 1. The van der Waals surface area contributed by atoms with Gasteiger partial charge >= 0.3 is 6.36 Å². The van der Waals surface area contributed by atoms with Crippen LogP contribution in [-0.2, 0) is 0 Å². The van der Waals surface area contributed by atoms with Gasteiger partial charge in [0.2, 0.25) is 0 Å². The van der Waals surface area contributed by atoms with Crippen molar-refractivity contribution in [2.75, 3.05) is 5.73 Å². The molecule has 2 rings (SSSR count). The third-order valence-electron chi connectivity index (χ3n) is 2.01. The van der Waals surface area contributed by atoms with Gasteiger partial charge in [-0.3, -0.25) is 0 Å². The Morgan fingerprint density at radius 3 is 2.28 bits per heavy atom. The number of alkyl halides is 3. The highest BCUT2D eigenvalue weighted by Crippen LogP contribution is 2.31. The molecule has 0 bridgehead atoms. The number of aromatic nitrogens is 1. The van der Waals surface area contributed by atoms with Crippen LogP contribution in [0.1, 0.15) is 0 Å². The Labute approximate surface area is 113 Å². The van der Waals surface area contributed by atoms with Crippen molar-refractivity contribution in [3.63, 3.8) is 0 Å². The first-order valence-electron chi connectivity index (χ1n) is 4.63. The first-order valence-corrected chi connectivity index (χ1v) is 5.71. The normalized spacial score (nSPS) is 11.6. The van der Waals surface area contributed by atoms with E-state index < -0.39 is 6.36 Å². The lowest BCUT2D eigenvalue weighted by atomic mass is 10.2. The number of hydrogen-bond acceptors (Lipinski definition) is 4. The van der Waals surface area contributed by atoms with E-state index in [2.05, 4.69) is 9.89 Å². The Bertz CT molecular complexity index is 551. The monoisotopic (exact) mass is 370 g/mol. The van der Waals surface area contributed by atoms with Gasteiger partial charge in [-0.1, -0.05) is 5.16 Å². The van der Waals surface area contributed by atoms with Crippen LogP contribution in [0.4, 0.5) is 19.0 Å². The summed E-state index contributed by atoms with van der Waals surface area (Å²) in [5.74, 6) is 0.349. The minimum absolute atomic E-state index is 0.237. The molecule has 0 fully saturated rings. The second-order valence-electron chi connectivity index (χ2n) is 3.28. The Morgan fingerprint density at radius 2 is 1.83 bits per heavy atom. The van der Waals surface area contributed by atoms with E-state index >= 15 is 0 Å². The summed E-state index contributed by atoms with van der Waals surface area (Å²) < 4.78 is 45.2. The first-order chi connectivity index (χ1) is 8.37. The van der Waals surface area contributed by atoms with Gasteiger partial charge in [-0.25, -0.2) is 0 Å². The van der Waals surface area contributed by atoms with Crippen molar-refractivity contribution < 1.29 is 22.4 Å². The highest BCUT2D eigenvalue weighted by atomic mass is 127. The summed E-state index contributed by atoms with van der Waals surface area (Å²) in [4.78, 5) is 0. The maximum atomic E-state index is 12.0. The molecule has 1 aromatic heterocycles. The molecule has 0 spiro atoms. The van der Waals surface area contributed by atoms with Gasteiger partial charge in [0.15, 0.2) is 11.6 Å². The molecule has 0 radical (unpaired) electrons. The lowest BCUT2D eigenvalue weighted by Crippen LogP contribution is -2.16. The summed E-state index contributed by atoms with van der Waals surface area (Å²) in [5.41, 5.74) is 6.07. The molecule has 0 aliphatic carbocycles. The summed E-state index contributed by atoms with van der Waals surface area (Å²) in [5, 5.41) is 3.56. The number of halogens is 4. The first kappa shape index (κ1) is 13.0. The molecule has 0 unspecified atom stereocenters. The van der Waals surface area contributed by atoms with Gasteiger partial charge in [-0.2, -0.15) is 0 Å². The third-order valence-corrected chi connectivity index (χ3v) is 3.05. The molecule has 8 heteroatoms. The molecule has 2 aromatic rings. The van der Waals surface area contributed by atoms with E-state index in [1.54, 1.807) is 0 Å². The van der Waals surface area contributed by atoms with Gasteiger partial charge in [0.25, 0.3) is 0 Å². The summed E-state index contributed by atoms with van der Waals surface area (Å²) >= 11 is 1.94. The maximum Gasteiger partial charge on any atom is 0.573 e. The van der Waals surface area contributed by atoms with Gasteiger partial charge in [0.05, 0.1) is 0 Å². The van der Waals surface area contributed by atoms with Crippen LogP contribution in [0.3, 0.4) is 0 Å². The van der Waals surface area contributed by atoms with Gasteiger partial charge in [0.1, 0.15) is 9.32 Å². The second kappa shape index (κ2) is 4.67. The topological polar surface area (TPSA) is 61.3 Å². The van der Waals surface area contributed by atoms with Gasteiger partial charge in [-0.15, -0.1) is 13.2 Å². The molecule has 18 heavy (non-hydrogen) atoms. The van der Waals surface area contributed by atoms with Crippen molar-refractivity contribution in [3.8, 4) is 17.1 Å². The van der Waals surface area contributed by atoms with Crippen LogP contribution in [-0.4, -0.2) is 11.5 Å². The van der Waals surface area contributed by atoms with Crippen LogP contribution >= 0.6 is 22.6 Å². The minimum Gasteiger partial charge on any atom is -0.406 e. The largest absolute Gasteiger partial charge is 0.573 e. The molecule has 0 aliphatic rings. The zero-order valence-electron chi connectivity index (χ0n) is 8.66. The number of benzene rings is 1. The molecule has 1 aromatic carbocycles. The zero-order chi connectivity index (χ0) is 13.3. The van der Waals surface area contributed by atoms with Crippen LogP contribution in [0.5, 0.6) is 5.75 Å². The molecular formula is C10H6F3IN2O2. The molecule has 96 valence electrons. The van der Waals surface area contributed by atoms with Crippen molar-refractivity contribution in [2.45, 2.75) is 6.36 Å².